The summed E-state index contributed by atoms with van der Waals surface area (Å²) in [5, 5.41) is 18.7. The zero-order chi connectivity index (χ0) is 8.88. The molecule has 1 unspecified atom stereocenters. The van der Waals surface area contributed by atoms with E-state index in [0.717, 1.165) is 0 Å². The smallest absolute Gasteiger partial charge is 0.308 e. The maximum absolute atomic E-state index is 10.7. The van der Waals surface area contributed by atoms with Gasteiger partial charge in [-0.1, -0.05) is 4.52 Å². The van der Waals surface area contributed by atoms with Gasteiger partial charge in [-0.25, -0.2) is 0 Å². The third-order valence-electron chi connectivity index (χ3n) is 2.37. The van der Waals surface area contributed by atoms with E-state index in [1.54, 1.807) is 0 Å². The van der Waals surface area contributed by atoms with Crippen LogP contribution >= 0.6 is 8.00 Å². The summed E-state index contributed by atoms with van der Waals surface area (Å²) in [6, 6.07) is -0.440. The number of nitrogens with two attached hydrogens (primary N) is 1. The maximum Gasteiger partial charge on any atom is 0.308 e. The van der Waals surface area contributed by atoms with Crippen LogP contribution in [0.2, 0.25) is 0 Å². The van der Waals surface area contributed by atoms with Crippen LogP contribution in [-0.2, 0) is 4.52 Å². The van der Waals surface area contributed by atoms with Gasteiger partial charge in [0.05, 0.1) is 18.1 Å². The van der Waals surface area contributed by atoms with E-state index in [9.17, 15) is 15.1 Å². The van der Waals surface area contributed by atoms with E-state index in [1.807, 2.05) is 0 Å². The molecule has 5 atom stereocenters. The Kier molecular flexibility index (Phi) is 1.95. The van der Waals surface area contributed by atoms with Crippen molar-refractivity contribution >= 4 is 13.5 Å². The highest BCUT2D eigenvalue weighted by molar-refractivity contribution is 7.55. The largest absolute Gasteiger partial charge is 0.600 e. The van der Waals surface area contributed by atoms with Gasteiger partial charge in [0.2, 0.25) is 0 Å². The summed E-state index contributed by atoms with van der Waals surface area (Å²) in [7, 11) is -1.67. The van der Waals surface area contributed by atoms with Crippen molar-refractivity contribution in [3.8, 4) is 0 Å². The van der Waals surface area contributed by atoms with Crippen molar-refractivity contribution in [2.24, 2.45) is 11.7 Å². The summed E-state index contributed by atoms with van der Waals surface area (Å²) >= 11 is 0. The molecule has 68 valence electrons. The van der Waals surface area contributed by atoms with E-state index in [0.29, 0.717) is 11.9 Å². The Balaban J connectivity index is 2.10. The number of hydrogen-bond donors (Lipinski definition) is 3. The quantitative estimate of drug-likeness (QED) is 0.411. The average molecular weight is 191 g/mol. The van der Waals surface area contributed by atoms with Crippen LogP contribution in [0.5, 0.6) is 0 Å². The molecule has 2 rings (SSSR count). The van der Waals surface area contributed by atoms with Crippen molar-refractivity contribution in [3.63, 3.8) is 0 Å². The van der Waals surface area contributed by atoms with Crippen LogP contribution < -0.4 is 10.6 Å². The lowest BCUT2D eigenvalue weighted by Crippen LogP contribution is -2.36. The van der Waals surface area contributed by atoms with Crippen LogP contribution in [0.25, 0.3) is 0 Å². The Labute approximate surface area is 70.3 Å². The Morgan fingerprint density at radius 1 is 1.50 bits per heavy atom. The molecule has 5 nitrogen and oxygen atoms in total. The van der Waals surface area contributed by atoms with E-state index in [-0.39, 0.29) is 5.92 Å². The first-order chi connectivity index (χ1) is 5.61. The topological polar surface area (TPSA) is 102 Å². The Hall–Kier alpha value is -0.0300. The van der Waals surface area contributed by atoms with Gasteiger partial charge < -0.3 is 20.8 Å². The number of aliphatic hydroxyl groups is 2. The van der Waals surface area contributed by atoms with E-state index >= 15 is 0 Å². The summed E-state index contributed by atoms with van der Waals surface area (Å²) in [5.41, 5.74) is 5.90. The second-order valence-corrected chi connectivity index (χ2v) is 4.31. The number of hydrogen-bond acceptors (Lipinski definition) is 5. The summed E-state index contributed by atoms with van der Waals surface area (Å²) in [5.74, 6) is -0.335. The standard InChI is InChI=1S/C6H10NO4P/c7-3-1-2(4(8)5(3)9)6-11-12(6)10/h2-5,8-9H,1,7H2/t2-,3-,4-,5+/m1/s1. The highest BCUT2D eigenvalue weighted by Gasteiger charge is 2.52. The minimum absolute atomic E-state index is 0.335. The molecule has 12 heavy (non-hydrogen) atoms. The summed E-state index contributed by atoms with van der Waals surface area (Å²) in [4.78, 5) is 10.7. The number of aliphatic hydroxyl groups excluding tert-OH is 2. The molecule has 1 aliphatic carbocycles. The third-order valence-corrected chi connectivity index (χ3v) is 3.35. The summed E-state index contributed by atoms with van der Waals surface area (Å²) < 4.78 is 4.67. The van der Waals surface area contributed by atoms with Crippen LogP contribution in [-0.4, -0.2) is 33.9 Å². The minimum Gasteiger partial charge on any atom is -0.600 e. The van der Waals surface area contributed by atoms with E-state index < -0.39 is 26.2 Å². The van der Waals surface area contributed by atoms with Crippen molar-refractivity contribution < 1.29 is 19.6 Å². The van der Waals surface area contributed by atoms with Gasteiger partial charge in [0.15, 0.2) is 0 Å². The van der Waals surface area contributed by atoms with Gasteiger partial charge in [0.1, 0.15) is 0 Å². The third kappa shape index (κ3) is 1.19. The van der Waals surface area contributed by atoms with Crippen LogP contribution in [0.15, 0.2) is 0 Å². The van der Waals surface area contributed by atoms with Crippen molar-refractivity contribution in [3.05, 3.63) is 0 Å². The maximum atomic E-state index is 10.7. The lowest BCUT2D eigenvalue weighted by atomic mass is 10.1. The average Bonchev–Trinajstić information content (AvgIpc) is 2.69. The molecule has 0 saturated heterocycles. The Morgan fingerprint density at radius 3 is 2.42 bits per heavy atom. The van der Waals surface area contributed by atoms with Crippen LogP contribution in [0.3, 0.4) is 0 Å². The Bertz CT molecular complexity index is 244. The molecule has 0 aromatic heterocycles. The highest BCUT2D eigenvalue weighted by atomic mass is 31.1. The molecule has 1 fully saturated rings. The van der Waals surface area contributed by atoms with Gasteiger partial charge >= 0.3 is 5.48 Å². The van der Waals surface area contributed by atoms with Crippen molar-refractivity contribution in [1.82, 2.24) is 0 Å². The zero-order valence-electron chi connectivity index (χ0n) is 6.25. The first-order valence-electron chi connectivity index (χ1n) is 3.75. The predicted molar refractivity (Wildman–Crippen MR) is 41.1 cm³/mol. The van der Waals surface area contributed by atoms with Gasteiger partial charge in [-0.15, -0.1) is 0 Å². The van der Waals surface area contributed by atoms with Crippen molar-refractivity contribution in [1.29, 1.82) is 0 Å². The van der Waals surface area contributed by atoms with Gasteiger partial charge in [-0.2, -0.15) is 0 Å². The molecule has 6 heteroatoms. The SMILES string of the molecule is N[C@@H]1C[C@@H](C2=[P+]([O-])O2)[C@@H](O)[C@H]1O. The molecule has 0 aromatic rings. The fourth-order valence-corrected chi connectivity index (χ4v) is 2.47. The first kappa shape index (κ1) is 8.56. The van der Waals surface area contributed by atoms with Crippen LogP contribution in [0, 0.1) is 5.92 Å². The molecule has 0 amide bonds. The first-order valence-corrected chi connectivity index (χ1v) is 4.93. The highest BCUT2D eigenvalue weighted by Crippen LogP contribution is 2.43. The van der Waals surface area contributed by atoms with Gasteiger partial charge in [0, 0.05) is 6.04 Å². The van der Waals surface area contributed by atoms with Gasteiger partial charge in [0.25, 0.3) is 8.00 Å². The molecule has 1 saturated carbocycles. The van der Waals surface area contributed by atoms with Gasteiger partial charge in [-0.05, 0) is 6.42 Å². The van der Waals surface area contributed by atoms with Gasteiger partial charge in [-0.3, -0.25) is 0 Å². The second kappa shape index (κ2) is 2.73. The lowest BCUT2D eigenvalue weighted by molar-refractivity contribution is -0.159. The lowest BCUT2D eigenvalue weighted by Gasteiger charge is -2.11. The Morgan fingerprint density at radius 2 is 2.08 bits per heavy atom. The molecule has 0 bridgehead atoms. The monoisotopic (exact) mass is 191 g/mol. The molecular formula is C6H10NO4P. The van der Waals surface area contributed by atoms with E-state index in [4.69, 9.17) is 5.73 Å². The molecule has 0 aromatic carbocycles. The summed E-state index contributed by atoms with van der Waals surface area (Å²) in [6.45, 7) is 0. The molecular weight excluding hydrogens is 181 g/mol. The molecule has 1 heterocycles. The van der Waals surface area contributed by atoms with Crippen molar-refractivity contribution in [2.45, 2.75) is 24.7 Å². The van der Waals surface area contributed by atoms with Crippen LogP contribution in [0.4, 0.5) is 0 Å². The van der Waals surface area contributed by atoms with Crippen molar-refractivity contribution in [2.75, 3.05) is 0 Å². The fraction of sp³-hybridized carbons (Fsp3) is 0.833. The second-order valence-electron chi connectivity index (χ2n) is 3.17. The van der Waals surface area contributed by atoms with E-state index in [2.05, 4.69) is 4.52 Å². The molecule has 0 radical (unpaired) electrons. The predicted octanol–water partition coefficient (Wildman–Crippen LogP) is -2.11. The molecule has 4 N–H and O–H groups in total. The zero-order valence-corrected chi connectivity index (χ0v) is 7.15. The van der Waals surface area contributed by atoms with Crippen LogP contribution in [0.1, 0.15) is 6.42 Å². The summed E-state index contributed by atoms with van der Waals surface area (Å²) in [6.07, 6.45) is -1.40. The minimum atomic E-state index is -1.67. The number of rotatable bonds is 1. The molecule has 1 aliphatic heterocycles. The molecule has 2 aliphatic rings. The normalized spacial score (nSPS) is 50.0. The fourth-order valence-electron chi connectivity index (χ4n) is 1.58. The van der Waals surface area contributed by atoms with E-state index in [1.165, 1.54) is 0 Å². The molecule has 0 spiro atoms.